The van der Waals surface area contributed by atoms with Crippen molar-refractivity contribution in [2.75, 3.05) is 0 Å². The second-order valence-corrected chi connectivity index (χ2v) is 4.85. The van der Waals surface area contributed by atoms with Gasteiger partial charge in [-0.2, -0.15) is 0 Å². The highest BCUT2D eigenvalue weighted by atomic mass is 16.5. The Balaban J connectivity index is 2.66. The maximum absolute atomic E-state index is 11.9. The van der Waals surface area contributed by atoms with E-state index >= 15 is 0 Å². The highest BCUT2D eigenvalue weighted by Crippen LogP contribution is 2.20. The van der Waals surface area contributed by atoms with E-state index in [1.807, 2.05) is 45.9 Å². The minimum Gasteiger partial charge on any atom is -0.481 e. The van der Waals surface area contributed by atoms with Crippen molar-refractivity contribution < 1.29 is 9.53 Å². The van der Waals surface area contributed by atoms with Crippen LogP contribution in [-0.2, 0) is 4.79 Å². The van der Waals surface area contributed by atoms with E-state index in [0.717, 1.165) is 23.3 Å². The SMILES string of the molecule is CC[C@H](C)NC(=O)[C@@H](C)Oc1cc(C)ccc1C. The third-order valence-electron chi connectivity index (χ3n) is 3.02. The molecule has 0 aliphatic heterocycles. The van der Waals surface area contributed by atoms with Crippen LogP contribution in [0.5, 0.6) is 5.75 Å². The molecule has 0 heterocycles. The smallest absolute Gasteiger partial charge is 0.260 e. The van der Waals surface area contributed by atoms with Crippen LogP contribution in [0.4, 0.5) is 0 Å². The van der Waals surface area contributed by atoms with Crippen molar-refractivity contribution >= 4 is 5.91 Å². The summed E-state index contributed by atoms with van der Waals surface area (Å²) in [6.45, 7) is 9.80. The molecule has 0 bridgehead atoms. The van der Waals surface area contributed by atoms with Gasteiger partial charge in [-0.05, 0) is 51.3 Å². The lowest BCUT2D eigenvalue weighted by Gasteiger charge is -2.19. The van der Waals surface area contributed by atoms with E-state index in [1.54, 1.807) is 6.92 Å². The van der Waals surface area contributed by atoms with Crippen molar-refractivity contribution in [3.63, 3.8) is 0 Å². The number of benzene rings is 1. The van der Waals surface area contributed by atoms with E-state index in [9.17, 15) is 4.79 Å². The summed E-state index contributed by atoms with van der Waals surface area (Å²) in [6.07, 6.45) is 0.446. The van der Waals surface area contributed by atoms with E-state index in [-0.39, 0.29) is 11.9 Å². The quantitative estimate of drug-likeness (QED) is 0.871. The topological polar surface area (TPSA) is 38.3 Å². The van der Waals surface area contributed by atoms with Crippen molar-refractivity contribution in [3.8, 4) is 5.75 Å². The van der Waals surface area contributed by atoms with Gasteiger partial charge in [-0.15, -0.1) is 0 Å². The fourth-order valence-corrected chi connectivity index (χ4v) is 1.54. The third kappa shape index (κ3) is 4.06. The Bertz CT molecular complexity index is 415. The Labute approximate surface area is 110 Å². The van der Waals surface area contributed by atoms with Gasteiger partial charge in [0.25, 0.3) is 5.91 Å². The van der Waals surface area contributed by atoms with Gasteiger partial charge < -0.3 is 10.1 Å². The lowest BCUT2D eigenvalue weighted by Crippen LogP contribution is -2.41. The molecule has 0 saturated heterocycles. The standard InChI is InChI=1S/C15H23NO2/c1-6-12(4)16-15(17)13(5)18-14-9-10(2)7-8-11(14)3/h7-9,12-13H,6H2,1-5H3,(H,16,17)/t12-,13+/m0/s1. The fourth-order valence-electron chi connectivity index (χ4n) is 1.54. The molecule has 100 valence electrons. The number of hydrogen-bond donors (Lipinski definition) is 1. The van der Waals surface area contributed by atoms with Crippen LogP contribution in [0.25, 0.3) is 0 Å². The predicted molar refractivity (Wildman–Crippen MR) is 73.9 cm³/mol. The van der Waals surface area contributed by atoms with E-state index in [0.29, 0.717) is 0 Å². The molecule has 1 aromatic carbocycles. The molecule has 1 amide bonds. The zero-order valence-corrected chi connectivity index (χ0v) is 11.9. The van der Waals surface area contributed by atoms with Gasteiger partial charge in [0.05, 0.1) is 0 Å². The van der Waals surface area contributed by atoms with Crippen LogP contribution < -0.4 is 10.1 Å². The maximum Gasteiger partial charge on any atom is 0.260 e. The highest BCUT2D eigenvalue weighted by Gasteiger charge is 2.16. The Kier molecular flexibility index (Phi) is 5.20. The van der Waals surface area contributed by atoms with Crippen LogP contribution in [0.3, 0.4) is 0 Å². The molecule has 0 radical (unpaired) electrons. The minimum atomic E-state index is -0.473. The first-order chi connectivity index (χ1) is 8.43. The summed E-state index contributed by atoms with van der Waals surface area (Å²) < 4.78 is 5.72. The van der Waals surface area contributed by atoms with Gasteiger partial charge in [-0.1, -0.05) is 19.1 Å². The summed E-state index contributed by atoms with van der Waals surface area (Å²) in [7, 11) is 0. The van der Waals surface area contributed by atoms with Gasteiger partial charge in [0, 0.05) is 6.04 Å². The summed E-state index contributed by atoms with van der Waals surface area (Å²) in [4.78, 5) is 11.9. The number of hydrogen-bond acceptors (Lipinski definition) is 2. The Morgan fingerprint density at radius 3 is 2.61 bits per heavy atom. The Morgan fingerprint density at radius 2 is 2.00 bits per heavy atom. The number of nitrogens with one attached hydrogen (secondary N) is 1. The lowest BCUT2D eigenvalue weighted by molar-refractivity contribution is -0.127. The van der Waals surface area contributed by atoms with Crippen molar-refractivity contribution in [1.29, 1.82) is 0 Å². The van der Waals surface area contributed by atoms with Gasteiger partial charge in [-0.3, -0.25) is 4.79 Å². The van der Waals surface area contributed by atoms with Crippen molar-refractivity contribution in [3.05, 3.63) is 29.3 Å². The van der Waals surface area contributed by atoms with Crippen molar-refractivity contribution in [1.82, 2.24) is 5.32 Å². The molecule has 2 atom stereocenters. The predicted octanol–water partition coefficient (Wildman–Crippen LogP) is 2.99. The summed E-state index contributed by atoms with van der Waals surface area (Å²) in [5, 5.41) is 2.92. The molecule has 1 N–H and O–H groups in total. The van der Waals surface area contributed by atoms with Crippen LogP contribution in [0.15, 0.2) is 18.2 Å². The van der Waals surface area contributed by atoms with Gasteiger partial charge in [-0.25, -0.2) is 0 Å². The molecule has 3 heteroatoms. The summed E-state index contributed by atoms with van der Waals surface area (Å²) in [6, 6.07) is 6.18. The zero-order valence-electron chi connectivity index (χ0n) is 11.9. The van der Waals surface area contributed by atoms with E-state index in [1.165, 1.54) is 0 Å². The van der Waals surface area contributed by atoms with Crippen molar-refractivity contribution in [2.24, 2.45) is 0 Å². The monoisotopic (exact) mass is 249 g/mol. The summed E-state index contributed by atoms with van der Waals surface area (Å²) in [5.74, 6) is 0.715. The summed E-state index contributed by atoms with van der Waals surface area (Å²) >= 11 is 0. The number of aryl methyl sites for hydroxylation is 2. The summed E-state index contributed by atoms with van der Waals surface area (Å²) in [5.41, 5.74) is 2.17. The highest BCUT2D eigenvalue weighted by molar-refractivity contribution is 5.81. The third-order valence-corrected chi connectivity index (χ3v) is 3.02. The number of rotatable bonds is 5. The maximum atomic E-state index is 11.9. The average molecular weight is 249 g/mol. The lowest BCUT2D eigenvalue weighted by atomic mass is 10.1. The number of carbonyl (C=O) groups is 1. The molecule has 0 fully saturated rings. The molecule has 3 nitrogen and oxygen atoms in total. The molecule has 1 aromatic rings. The molecule has 0 aromatic heterocycles. The molecule has 0 unspecified atom stereocenters. The first-order valence-corrected chi connectivity index (χ1v) is 6.48. The molecular formula is C15H23NO2. The second kappa shape index (κ2) is 6.43. The number of carbonyl (C=O) groups excluding carboxylic acids is 1. The molecule has 0 saturated carbocycles. The molecule has 0 aliphatic carbocycles. The van der Waals surface area contributed by atoms with Crippen LogP contribution in [0, 0.1) is 13.8 Å². The Hall–Kier alpha value is -1.51. The van der Waals surface area contributed by atoms with Crippen LogP contribution in [0.2, 0.25) is 0 Å². The first kappa shape index (κ1) is 14.6. The van der Waals surface area contributed by atoms with Crippen LogP contribution >= 0.6 is 0 Å². The average Bonchev–Trinajstić information content (AvgIpc) is 2.33. The molecule has 1 rings (SSSR count). The molecule has 18 heavy (non-hydrogen) atoms. The fraction of sp³-hybridized carbons (Fsp3) is 0.533. The van der Waals surface area contributed by atoms with Crippen LogP contribution in [0.1, 0.15) is 38.3 Å². The van der Waals surface area contributed by atoms with Gasteiger partial charge >= 0.3 is 0 Å². The van der Waals surface area contributed by atoms with Gasteiger partial charge in [0.15, 0.2) is 6.10 Å². The van der Waals surface area contributed by atoms with Gasteiger partial charge in [0.1, 0.15) is 5.75 Å². The molecule has 0 aliphatic rings. The minimum absolute atomic E-state index is 0.0646. The van der Waals surface area contributed by atoms with Crippen LogP contribution in [-0.4, -0.2) is 18.1 Å². The first-order valence-electron chi connectivity index (χ1n) is 6.48. The van der Waals surface area contributed by atoms with Crippen molar-refractivity contribution in [2.45, 2.75) is 53.2 Å². The normalized spacial score (nSPS) is 13.8. The number of amides is 1. The largest absolute Gasteiger partial charge is 0.481 e. The Morgan fingerprint density at radius 1 is 1.33 bits per heavy atom. The van der Waals surface area contributed by atoms with E-state index in [2.05, 4.69) is 5.32 Å². The van der Waals surface area contributed by atoms with E-state index in [4.69, 9.17) is 4.74 Å². The number of ether oxygens (including phenoxy) is 1. The molecular weight excluding hydrogens is 226 g/mol. The van der Waals surface area contributed by atoms with E-state index < -0.39 is 6.10 Å². The zero-order chi connectivity index (χ0) is 13.7. The second-order valence-electron chi connectivity index (χ2n) is 4.85. The molecule has 0 spiro atoms. The van der Waals surface area contributed by atoms with Gasteiger partial charge in [0.2, 0.25) is 0 Å².